The van der Waals surface area contributed by atoms with Gasteiger partial charge in [-0.3, -0.25) is 4.79 Å². The lowest BCUT2D eigenvalue weighted by Gasteiger charge is -2.43. The summed E-state index contributed by atoms with van der Waals surface area (Å²) in [6, 6.07) is 10.8. The molecule has 1 N–H and O–H groups in total. The number of amides is 1. The monoisotopic (exact) mass is 514 g/mol. The first-order chi connectivity index (χ1) is 15.7. The van der Waals surface area contributed by atoms with Gasteiger partial charge in [0.15, 0.2) is 0 Å². The molecular weight excluding hydrogens is 475 g/mol. The van der Waals surface area contributed by atoms with E-state index in [9.17, 15) is 9.59 Å². The summed E-state index contributed by atoms with van der Waals surface area (Å²) in [4.78, 5) is 26.2. The molecule has 3 saturated heterocycles. The Bertz CT molecular complexity index is 733. The van der Waals surface area contributed by atoms with E-state index in [1.165, 1.54) is 24.8 Å². The van der Waals surface area contributed by atoms with E-state index in [1.54, 1.807) is 4.90 Å². The standard InChI is InChI=1S/C25H38N4O3.2ClH/c30-24(7-6-21-8-12-26-13-9-21)32-25(31)27-16-18-29(19-17-27)28-14-10-23(11-15-28)20-22-4-2-1-3-5-22;;/h1-5,21,23,26H,6-20H2;2*1H. The van der Waals surface area contributed by atoms with Crippen molar-refractivity contribution in [3.05, 3.63) is 35.9 Å². The molecule has 3 aliphatic heterocycles. The minimum absolute atomic E-state index is 0. The van der Waals surface area contributed by atoms with Crippen molar-refractivity contribution in [2.24, 2.45) is 11.8 Å². The first-order valence-electron chi connectivity index (χ1n) is 12.4. The lowest BCUT2D eigenvalue weighted by Crippen LogP contribution is -2.56. The number of hydrogen-bond acceptors (Lipinski definition) is 6. The molecule has 1 amide bonds. The number of rotatable bonds is 6. The fourth-order valence-corrected chi connectivity index (χ4v) is 5.22. The molecule has 0 aliphatic carbocycles. The number of carbonyl (C=O) groups is 2. The van der Waals surface area contributed by atoms with Gasteiger partial charge < -0.3 is 15.0 Å². The van der Waals surface area contributed by atoms with Crippen LogP contribution in [0.25, 0.3) is 0 Å². The van der Waals surface area contributed by atoms with E-state index < -0.39 is 6.09 Å². The van der Waals surface area contributed by atoms with Crippen molar-refractivity contribution in [1.82, 2.24) is 20.2 Å². The summed E-state index contributed by atoms with van der Waals surface area (Å²) in [6.45, 7) is 7.05. The van der Waals surface area contributed by atoms with Crippen LogP contribution >= 0.6 is 24.8 Å². The van der Waals surface area contributed by atoms with Crippen molar-refractivity contribution in [1.29, 1.82) is 0 Å². The topological polar surface area (TPSA) is 65.1 Å². The number of carbonyl (C=O) groups excluding carboxylic acids is 2. The fraction of sp³-hybridized carbons (Fsp3) is 0.680. The highest BCUT2D eigenvalue weighted by molar-refractivity contribution is 5.85. The van der Waals surface area contributed by atoms with Crippen LogP contribution in [0.15, 0.2) is 30.3 Å². The van der Waals surface area contributed by atoms with Crippen LogP contribution in [0.1, 0.15) is 44.1 Å². The number of nitrogens with zero attached hydrogens (tertiary/aromatic N) is 3. The maximum absolute atomic E-state index is 12.4. The van der Waals surface area contributed by atoms with Gasteiger partial charge in [-0.25, -0.2) is 14.8 Å². The van der Waals surface area contributed by atoms with Crippen LogP contribution < -0.4 is 5.32 Å². The van der Waals surface area contributed by atoms with Crippen LogP contribution in [-0.2, 0) is 16.0 Å². The minimum atomic E-state index is -0.471. The Balaban J connectivity index is 0.00000204. The van der Waals surface area contributed by atoms with E-state index in [-0.39, 0.29) is 30.8 Å². The molecule has 7 nitrogen and oxygen atoms in total. The highest BCUT2D eigenvalue weighted by Crippen LogP contribution is 2.23. The second kappa shape index (κ2) is 14.9. The third-order valence-electron chi connectivity index (χ3n) is 7.29. The number of hydrazine groups is 1. The molecule has 0 bridgehead atoms. The summed E-state index contributed by atoms with van der Waals surface area (Å²) in [6.07, 6.45) is 6.49. The number of piperidine rings is 2. The van der Waals surface area contributed by atoms with Gasteiger partial charge in [0.25, 0.3) is 0 Å². The van der Waals surface area contributed by atoms with Crippen LogP contribution in [0.2, 0.25) is 0 Å². The van der Waals surface area contributed by atoms with Crippen molar-refractivity contribution in [2.45, 2.75) is 44.9 Å². The number of nitrogens with one attached hydrogen (secondary N) is 1. The number of hydrogen-bond donors (Lipinski definition) is 1. The van der Waals surface area contributed by atoms with Gasteiger partial charge in [-0.15, -0.1) is 24.8 Å². The summed E-state index contributed by atoms with van der Waals surface area (Å²) in [5.74, 6) is 0.941. The molecule has 3 heterocycles. The molecule has 0 aromatic heterocycles. The summed E-state index contributed by atoms with van der Waals surface area (Å²) in [7, 11) is 0. The number of esters is 1. The van der Waals surface area contributed by atoms with Crippen LogP contribution in [-0.4, -0.2) is 79.3 Å². The van der Waals surface area contributed by atoms with E-state index in [1.807, 2.05) is 0 Å². The third kappa shape index (κ3) is 8.68. The number of piperazine rings is 1. The van der Waals surface area contributed by atoms with Gasteiger partial charge in [0.1, 0.15) is 0 Å². The molecule has 1 aromatic carbocycles. The molecule has 0 radical (unpaired) electrons. The summed E-state index contributed by atoms with van der Waals surface area (Å²) in [5, 5.41) is 8.16. The van der Waals surface area contributed by atoms with Crippen LogP contribution in [0.3, 0.4) is 0 Å². The maximum Gasteiger partial charge on any atom is 0.417 e. The molecule has 0 atom stereocenters. The Morgan fingerprint density at radius 3 is 2.09 bits per heavy atom. The molecular formula is C25H40Cl2N4O3. The highest BCUT2D eigenvalue weighted by atomic mass is 35.5. The summed E-state index contributed by atoms with van der Waals surface area (Å²) >= 11 is 0. The van der Waals surface area contributed by atoms with Gasteiger partial charge in [0.05, 0.1) is 0 Å². The summed E-state index contributed by atoms with van der Waals surface area (Å²) in [5.41, 5.74) is 1.43. The zero-order chi connectivity index (χ0) is 22.2. The zero-order valence-electron chi connectivity index (χ0n) is 20.0. The Morgan fingerprint density at radius 2 is 1.44 bits per heavy atom. The maximum atomic E-state index is 12.4. The van der Waals surface area contributed by atoms with Gasteiger partial charge in [-0.1, -0.05) is 30.3 Å². The predicted octanol–water partition coefficient (Wildman–Crippen LogP) is 3.76. The van der Waals surface area contributed by atoms with Crippen molar-refractivity contribution < 1.29 is 14.3 Å². The average molecular weight is 516 g/mol. The molecule has 192 valence electrons. The minimum Gasteiger partial charge on any atom is -0.376 e. The Kier molecular flexibility index (Phi) is 12.6. The van der Waals surface area contributed by atoms with Crippen molar-refractivity contribution in [3.63, 3.8) is 0 Å². The SMILES string of the molecule is Cl.Cl.O=C(CCC1CCNCC1)OC(=O)N1CCN(N2CCC(Cc3ccccc3)CC2)CC1. The Labute approximate surface area is 216 Å². The predicted molar refractivity (Wildman–Crippen MR) is 138 cm³/mol. The van der Waals surface area contributed by atoms with E-state index in [0.717, 1.165) is 64.4 Å². The first-order valence-corrected chi connectivity index (χ1v) is 12.4. The molecule has 9 heteroatoms. The van der Waals surface area contributed by atoms with Crippen molar-refractivity contribution >= 4 is 36.9 Å². The first kappa shape index (κ1) is 28.9. The van der Waals surface area contributed by atoms with E-state index in [4.69, 9.17) is 4.74 Å². The fourth-order valence-electron chi connectivity index (χ4n) is 5.22. The molecule has 0 unspecified atom stereocenters. The smallest absolute Gasteiger partial charge is 0.376 e. The summed E-state index contributed by atoms with van der Waals surface area (Å²) < 4.78 is 5.13. The van der Waals surface area contributed by atoms with Gasteiger partial charge in [-0.2, -0.15) is 0 Å². The number of benzene rings is 1. The van der Waals surface area contributed by atoms with Gasteiger partial charge in [0, 0.05) is 45.7 Å². The third-order valence-corrected chi connectivity index (χ3v) is 7.29. The number of halogens is 2. The van der Waals surface area contributed by atoms with E-state index >= 15 is 0 Å². The zero-order valence-corrected chi connectivity index (χ0v) is 21.7. The molecule has 0 saturated carbocycles. The normalized spacial score (nSPS) is 20.8. The van der Waals surface area contributed by atoms with Gasteiger partial charge >= 0.3 is 12.1 Å². The Hall–Kier alpha value is -1.38. The lowest BCUT2D eigenvalue weighted by atomic mass is 9.91. The molecule has 34 heavy (non-hydrogen) atoms. The average Bonchev–Trinajstić information content (AvgIpc) is 2.85. The molecule has 4 rings (SSSR count). The van der Waals surface area contributed by atoms with E-state index in [2.05, 4.69) is 45.7 Å². The molecule has 0 spiro atoms. The molecule has 3 fully saturated rings. The lowest BCUT2D eigenvalue weighted by molar-refractivity contribution is -0.139. The quantitative estimate of drug-likeness (QED) is 0.460. The van der Waals surface area contributed by atoms with Crippen LogP contribution in [0.5, 0.6) is 0 Å². The molecule has 1 aromatic rings. The highest BCUT2D eigenvalue weighted by Gasteiger charge is 2.29. The number of ether oxygens (including phenoxy) is 1. The van der Waals surface area contributed by atoms with Gasteiger partial charge in [0.2, 0.25) is 0 Å². The largest absolute Gasteiger partial charge is 0.417 e. The second-order valence-electron chi connectivity index (χ2n) is 9.50. The van der Waals surface area contributed by atoms with Gasteiger partial charge in [-0.05, 0) is 69.0 Å². The second-order valence-corrected chi connectivity index (χ2v) is 9.50. The van der Waals surface area contributed by atoms with Crippen LogP contribution in [0, 0.1) is 11.8 Å². The Morgan fingerprint density at radius 1 is 0.824 bits per heavy atom. The van der Waals surface area contributed by atoms with Crippen molar-refractivity contribution in [3.8, 4) is 0 Å². The van der Waals surface area contributed by atoms with Crippen molar-refractivity contribution in [2.75, 3.05) is 52.4 Å². The molecule has 3 aliphatic rings. The van der Waals surface area contributed by atoms with Crippen LogP contribution in [0.4, 0.5) is 4.79 Å². The van der Waals surface area contributed by atoms with E-state index in [0.29, 0.717) is 25.4 Å².